The molecule has 0 aromatic carbocycles. The van der Waals surface area contributed by atoms with E-state index in [1.54, 1.807) is 24.0 Å². The third-order valence-corrected chi connectivity index (χ3v) is 6.28. The van der Waals surface area contributed by atoms with Crippen molar-refractivity contribution in [1.29, 1.82) is 0 Å². The summed E-state index contributed by atoms with van der Waals surface area (Å²) in [6, 6.07) is 3.48. The Morgan fingerprint density at radius 1 is 1.03 bits per heavy atom. The Kier molecular flexibility index (Phi) is 5.88. The van der Waals surface area contributed by atoms with Crippen LogP contribution in [0.5, 0.6) is 0 Å². The summed E-state index contributed by atoms with van der Waals surface area (Å²) in [5, 5.41) is 4.26. The van der Waals surface area contributed by atoms with Crippen molar-refractivity contribution in [3.05, 3.63) is 29.7 Å². The first-order valence-electron chi connectivity index (χ1n) is 10.5. The molecule has 0 unspecified atom stereocenters. The zero-order chi connectivity index (χ0) is 24.9. The number of nitrogens with zero attached hydrogens (tertiary/aromatic N) is 5. The highest BCUT2D eigenvalue weighted by atomic mass is 19.4. The van der Waals surface area contributed by atoms with Crippen LogP contribution in [0.25, 0.3) is 5.65 Å². The Hall–Kier alpha value is -3.06. The van der Waals surface area contributed by atoms with E-state index in [0.29, 0.717) is 25.0 Å². The second kappa shape index (κ2) is 8.31. The molecule has 0 atom stereocenters. The van der Waals surface area contributed by atoms with Crippen LogP contribution in [0, 0.1) is 6.92 Å². The van der Waals surface area contributed by atoms with Crippen LogP contribution in [-0.2, 0) is 4.74 Å². The fourth-order valence-corrected chi connectivity index (χ4v) is 4.59. The molecule has 2 aliphatic rings. The molecule has 2 amide bonds. The largest absolute Gasteiger partial charge is 0.434 e. The molecule has 14 heteroatoms. The quantitative estimate of drug-likeness (QED) is 0.596. The number of imidazole rings is 1. The zero-order valence-electron chi connectivity index (χ0n) is 18.0. The van der Waals surface area contributed by atoms with Crippen molar-refractivity contribution in [2.45, 2.75) is 56.6 Å². The van der Waals surface area contributed by atoms with Gasteiger partial charge in [0, 0.05) is 25.2 Å². The summed E-state index contributed by atoms with van der Waals surface area (Å²) >= 11 is 0. The number of hydrogen-bond acceptors (Lipinski definition) is 5. The maximum Gasteiger partial charge on any atom is 0.434 e. The predicted molar refractivity (Wildman–Crippen MR) is 104 cm³/mol. The van der Waals surface area contributed by atoms with Crippen molar-refractivity contribution in [1.82, 2.24) is 24.4 Å². The van der Waals surface area contributed by atoms with Crippen LogP contribution < -0.4 is 0 Å². The van der Waals surface area contributed by atoms with Crippen LogP contribution >= 0.6 is 0 Å². The lowest BCUT2D eigenvalue weighted by atomic mass is 9.85. The summed E-state index contributed by atoms with van der Waals surface area (Å²) in [6.45, 7) is 1.93. The highest BCUT2D eigenvalue weighted by Crippen LogP contribution is 2.40. The van der Waals surface area contributed by atoms with Gasteiger partial charge in [0.25, 0.3) is 12.0 Å². The van der Waals surface area contributed by atoms with Gasteiger partial charge in [-0.25, -0.2) is 14.3 Å². The first-order valence-corrected chi connectivity index (χ1v) is 10.5. The van der Waals surface area contributed by atoms with Crippen molar-refractivity contribution in [3.8, 4) is 0 Å². The molecule has 2 aliphatic heterocycles. The van der Waals surface area contributed by atoms with E-state index in [1.807, 2.05) is 0 Å². The number of carbonyl (C=O) groups is 2. The monoisotopic (exact) mass is 493 g/mol. The number of alkyl halides is 6. The second-order valence-corrected chi connectivity index (χ2v) is 8.52. The minimum atomic E-state index is -5.78. The lowest BCUT2D eigenvalue weighted by molar-refractivity contribution is -0.308. The number of amides is 2. The van der Waals surface area contributed by atoms with Gasteiger partial charge in [-0.05, 0) is 44.7 Å². The molecular weight excluding hydrogens is 472 g/mol. The van der Waals surface area contributed by atoms with Crippen molar-refractivity contribution in [2.24, 2.45) is 0 Å². The number of halogens is 6. The van der Waals surface area contributed by atoms with Crippen LogP contribution in [0.4, 0.5) is 31.1 Å². The number of aryl methyl sites for hydroxylation is 1. The van der Waals surface area contributed by atoms with Crippen molar-refractivity contribution >= 4 is 17.6 Å². The summed E-state index contributed by atoms with van der Waals surface area (Å²) in [5.41, 5.74) is 0.739. The Balaban J connectivity index is 1.45. The molecule has 4 rings (SSSR count). The predicted octanol–water partition coefficient (Wildman–Crippen LogP) is 3.74. The number of ether oxygens (including phenoxy) is 1. The minimum absolute atomic E-state index is 0.142. The van der Waals surface area contributed by atoms with Gasteiger partial charge in [0.05, 0.1) is 11.9 Å². The van der Waals surface area contributed by atoms with Crippen molar-refractivity contribution in [3.63, 3.8) is 0 Å². The molecule has 1 spiro atoms. The van der Waals surface area contributed by atoms with Gasteiger partial charge in [-0.3, -0.25) is 4.79 Å². The Labute approximate surface area is 189 Å². The summed E-state index contributed by atoms with van der Waals surface area (Å²) < 4.78 is 81.6. The van der Waals surface area contributed by atoms with E-state index in [4.69, 9.17) is 0 Å². The molecule has 0 bridgehead atoms. The molecule has 186 valence electrons. The standard InChI is InChI=1S/C20H21F6N5O3/c1-12-3-4-14-27-13(11-31(14)28-12)15(32)30-8-2-5-18(30)6-9-29(10-7-18)17(33)34-16(19(21,22)23)20(24,25)26/h3-4,11,16H,2,5-10H2,1H3. The number of fused-ring (bicyclic) bond motifs is 1. The molecule has 0 N–H and O–H groups in total. The van der Waals surface area contributed by atoms with Crippen LogP contribution in [0.15, 0.2) is 18.3 Å². The third-order valence-electron chi connectivity index (χ3n) is 6.28. The fourth-order valence-electron chi connectivity index (χ4n) is 4.59. The first kappa shape index (κ1) is 24.1. The molecule has 2 aromatic heterocycles. The average Bonchev–Trinajstić information content (AvgIpc) is 3.34. The third kappa shape index (κ3) is 4.49. The van der Waals surface area contributed by atoms with E-state index in [0.717, 1.165) is 10.6 Å². The number of likely N-dealkylation sites (tertiary alicyclic amines) is 2. The molecule has 2 fully saturated rings. The highest BCUT2D eigenvalue weighted by molar-refractivity contribution is 5.93. The van der Waals surface area contributed by atoms with Crippen LogP contribution in [0.3, 0.4) is 0 Å². The van der Waals surface area contributed by atoms with E-state index in [9.17, 15) is 35.9 Å². The van der Waals surface area contributed by atoms with Gasteiger partial charge in [0.2, 0.25) is 0 Å². The SMILES string of the molecule is Cc1ccc2nc(C(=O)N3CCCC34CCN(C(=O)OC(C(F)(F)F)C(F)(F)F)CC4)cn2n1. The maximum atomic E-state index is 13.2. The van der Waals surface area contributed by atoms with E-state index < -0.39 is 30.1 Å². The molecule has 0 aliphatic carbocycles. The summed E-state index contributed by atoms with van der Waals surface area (Å²) in [7, 11) is 0. The molecule has 0 radical (unpaired) electrons. The number of carbonyl (C=O) groups excluding carboxylic acids is 2. The molecule has 8 nitrogen and oxygen atoms in total. The van der Waals surface area contributed by atoms with E-state index in [2.05, 4.69) is 14.8 Å². The van der Waals surface area contributed by atoms with Gasteiger partial charge in [0.1, 0.15) is 5.69 Å². The summed E-state index contributed by atoms with van der Waals surface area (Å²) in [5.74, 6) is -0.342. The fraction of sp³-hybridized carbons (Fsp3) is 0.600. The molecular formula is C20H21F6N5O3. The van der Waals surface area contributed by atoms with Crippen molar-refractivity contribution < 1.29 is 40.7 Å². The van der Waals surface area contributed by atoms with Crippen LogP contribution in [0.2, 0.25) is 0 Å². The van der Waals surface area contributed by atoms with Gasteiger partial charge in [-0.1, -0.05) is 0 Å². The average molecular weight is 493 g/mol. The van der Waals surface area contributed by atoms with E-state index in [1.165, 1.54) is 10.7 Å². The molecule has 4 heterocycles. The van der Waals surface area contributed by atoms with Crippen molar-refractivity contribution in [2.75, 3.05) is 19.6 Å². The lowest BCUT2D eigenvalue weighted by Crippen LogP contribution is -2.56. The lowest BCUT2D eigenvalue weighted by Gasteiger charge is -2.44. The maximum absolute atomic E-state index is 13.2. The molecule has 0 saturated carbocycles. The highest BCUT2D eigenvalue weighted by Gasteiger charge is 2.60. The first-order chi connectivity index (χ1) is 15.8. The normalized spacial score (nSPS) is 18.8. The van der Waals surface area contributed by atoms with E-state index in [-0.39, 0.29) is 37.5 Å². The summed E-state index contributed by atoms with van der Waals surface area (Å²) in [4.78, 5) is 32.1. The molecule has 2 aromatic rings. The Bertz CT molecular complexity index is 1080. The van der Waals surface area contributed by atoms with Gasteiger partial charge in [-0.2, -0.15) is 31.4 Å². The minimum Gasteiger partial charge on any atom is -0.426 e. The van der Waals surface area contributed by atoms with Gasteiger partial charge in [0.15, 0.2) is 5.65 Å². The van der Waals surface area contributed by atoms with Gasteiger partial charge >= 0.3 is 18.4 Å². The zero-order valence-corrected chi connectivity index (χ0v) is 18.0. The Morgan fingerprint density at radius 2 is 1.68 bits per heavy atom. The van der Waals surface area contributed by atoms with Gasteiger partial charge in [-0.15, -0.1) is 0 Å². The number of hydrogen-bond donors (Lipinski definition) is 0. The number of aromatic nitrogens is 3. The topological polar surface area (TPSA) is 80.0 Å². The van der Waals surface area contributed by atoms with Crippen LogP contribution in [0.1, 0.15) is 41.9 Å². The molecule has 2 saturated heterocycles. The second-order valence-electron chi connectivity index (χ2n) is 8.52. The van der Waals surface area contributed by atoms with E-state index >= 15 is 0 Å². The summed E-state index contributed by atoms with van der Waals surface area (Å²) in [6.07, 6.45) is -14.3. The number of rotatable bonds is 2. The number of piperidine rings is 1. The Morgan fingerprint density at radius 3 is 2.29 bits per heavy atom. The van der Waals surface area contributed by atoms with Crippen LogP contribution in [-0.4, -0.2) is 80.0 Å². The smallest absolute Gasteiger partial charge is 0.426 e. The van der Waals surface area contributed by atoms with Gasteiger partial charge < -0.3 is 14.5 Å². The molecule has 34 heavy (non-hydrogen) atoms.